The first-order valence-electron chi connectivity index (χ1n) is 8.38. The van der Waals surface area contributed by atoms with Gasteiger partial charge in [-0.25, -0.2) is 0 Å². The Morgan fingerprint density at radius 3 is 2.57 bits per heavy atom. The summed E-state index contributed by atoms with van der Waals surface area (Å²) in [6.07, 6.45) is 4.87. The summed E-state index contributed by atoms with van der Waals surface area (Å²) in [4.78, 5) is 29.2. The molecule has 0 aromatic carbocycles. The third kappa shape index (κ3) is 3.39. The summed E-state index contributed by atoms with van der Waals surface area (Å²) in [5.74, 6) is 0.566. The van der Waals surface area contributed by atoms with E-state index in [1.807, 2.05) is 4.90 Å². The zero-order chi connectivity index (χ0) is 15.0. The average molecular weight is 293 g/mol. The summed E-state index contributed by atoms with van der Waals surface area (Å²) in [6.45, 7) is 6.88. The summed E-state index contributed by atoms with van der Waals surface area (Å²) in [6, 6.07) is 0.749. The molecule has 5 nitrogen and oxygen atoms in total. The van der Waals surface area contributed by atoms with Crippen LogP contribution in [0.1, 0.15) is 46.0 Å². The van der Waals surface area contributed by atoms with Crippen LogP contribution in [0.25, 0.3) is 0 Å². The Morgan fingerprint density at radius 1 is 1.14 bits per heavy atom. The van der Waals surface area contributed by atoms with Gasteiger partial charge in [0.25, 0.3) is 0 Å². The Kier molecular flexibility index (Phi) is 4.20. The molecular formula is C16H27N3O2. The van der Waals surface area contributed by atoms with Crippen molar-refractivity contribution in [3.05, 3.63) is 0 Å². The zero-order valence-electron chi connectivity index (χ0n) is 13.2. The maximum absolute atomic E-state index is 12.8. The molecule has 3 rings (SSSR count). The molecule has 0 radical (unpaired) electrons. The van der Waals surface area contributed by atoms with E-state index >= 15 is 0 Å². The number of amides is 2. The maximum atomic E-state index is 12.8. The normalized spacial score (nSPS) is 31.7. The largest absolute Gasteiger partial charge is 0.344 e. The standard InChI is InChI=1S/C16H27N3O2/c1-11(2)9-14-16(21)19(8-6-15(20)17-14)13-5-7-18(10-13)12-3-4-12/h11-14H,3-10H2,1-2H3,(H,17,20). The fraction of sp³-hybridized carbons (Fsp3) is 0.875. The first-order chi connectivity index (χ1) is 10.0. The minimum atomic E-state index is -0.324. The lowest BCUT2D eigenvalue weighted by atomic mass is 10.0. The highest BCUT2D eigenvalue weighted by Gasteiger charge is 2.40. The molecule has 2 saturated heterocycles. The summed E-state index contributed by atoms with van der Waals surface area (Å²) in [7, 11) is 0. The monoisotopic (exact) mass is 293 g/mol. The lowest BCUT2D eigenvalue weighted by Crippen LogP contribution is -2.49. The number of likely N-dealkylation sites (tertiary alicyclic amines) is 1. The van der Waals surface area contributed by atoms with Gasteiger partial charge in [-0.2, -0.15) is 0 Å². The number of hydrogen-bond donors (Lipinski definition) is 1. The van der Waals surface area contributed by atoms with Crippen LogP contribution in [0.2, 0.25) is 0 Å². The van der Waals surface area contributed by atoms with Crippen LogP contribution in [-0.4, -0.2) is 59.4 Å². The molecule has 0 aromatic rings. The first kappa shape index (κ1) is 14.8. The van der Waals surface area contributed by atoms with Crippen molar-refractivity contribution in [3.63, 3.8) is 0 Å². The highest BCUT2D eigenvalue weighted by atomic mass is 16.2. The third-order valence-corrected chi connectivity index (χ3v) is 4.90. The molecule has 2 unspecified atom stereocenters. The van der Waals surface area contributed by atoms with Crippen molar-refractivity contribution in [2.75, 3.05) is 19.6 Å². The van der Waals surface area contributed by atoms with Crippen LogP contribution in [0, 0.1) is 5.92 Å². The van der Waals surface area contributed by atoms with Gasteiger partial charge in [0.05, 0.1) is 0 Å². The second kappa shape index (κ2) is 5.95. The van der Waals surface area contributed by atoms with Crippen LogP contribution >= 0.6 is 0 Å². The Balaban J connectivity index is 1.67. The highest BCUT2D eigenvalue weighted by molar-refractivity contribution is 5.90. The molecule has 0 spiro atoms. The molecule has 3 aliphatic rings. The fourth-order valence-electron chi connectivity index (χ4n) is 3.65. The van der Waals surface area contributed by atoms with Gasteiger partial charge in [-0.15, -0.1) is 0 Å². The van der Waals surface area contributed by atoms with Gasteiger partial charge in [-0.1, -0.05) is 13.8 Å². The van der Waals surface area contributed by atoms with Crippen LogP contribution in [0.15, 0.2) is 0 Å². The van der Waals surface area contributed by atoms with Crippen LogP contribution in [0.5, 0.6) is 0 Å². The van der Waals surface area contributed by atoms with Crippen molar-refractivity contribution in [1.29, 1.82) is 0 Å². The van der Waals surface area contributed by atoms with Crippen molar-refractivity contribution in [2.24, 2.45) is 5.92 Å². The quantitative estimate of drug-likeness (QED) is 0.841. The van der Waals surface area contributed by atoms with Crippen molar-refractivity contribution in [1.82, 2.24) is 15.1 Å². The number of carbonyl (C=O) groups is 2. The van der Waals surface area contributed by atoms with Crippen molar-refractivity contribution in [3.8, 4) is 0 Å². The lowest BCUT2D eigenvalue weighted by molar-refractivity contribution is -0.135. The number of rotatable bonds is 4. The molecule has 118 valence electrons. The predicted molar refractivity (Wildman–Crippen MR) is 80.7 cm³/mol. The summed E-state index contributed by atoms with van der Waals surface area (Å²) >= 11 is 0. The molecule has 2 amide bonds. The SMILES string of the molecule is CC(C)CC1NC(=O)CCN(C2CCN(C3CC3)C2)C1=O. The fourth-order valence-corrected chi connectivity index (χ4v) is 3.65. The highest BCUT2D eigenvalue weighted by Crippen LogP contribution is 2.31. The summed E-state index contributed by atoms with van der Waals surface area (Å²) in [5, 5.41) is 2.92. The molecule has 1 N–H and O–H groups in total. The van der Waals surface area contributed by atoms with Crippen LogP contribution in [0.4, 0.5) is 0 Å². The number of hydrogen-bond acceptors (Lipinski definition) is 3. The Labute approximate surface area is 127 Å². The Morgan fingerprint density at radius 2 is 1.90 bits per heavy atom. The number of nitrogens with zero attached hydrogens (tertiary/aromatic N) is 2. The molecule has 1 aliphatic carbocycles. The van der Waals surface area contributed by atoms with Crippen molar-refractivity contribution in [2.45, 2.75) is 64.1 Å². The Bertz CT molecular complexity index is 420. The number of carbonyl (C=O) groups excluding carboxylic acids is 2. The lowest BCUT2D eigenvalue weighted by Gasteiger charge is -2.30. The second-order valence-corrected chi connectivity index (χ2v) is 7.20. The Hall–Kier alpha value is -1.10. The zero-order valence-corrected chi connectivity index (χ0v) is 13.2. The summed E-state index contributed by atoms with van der Waals surface area (Å²) < 4.78 is 0. The van der Waals surface area contributed by atoms with Gasteiger partial charge in [0.15, 0.2) is 0 Å². The van der Waals surface area contributed by atoms with E-state index in [2.05, 4.69) is 24.1 Å². The van der Waals surface area contributed by atoms with E-state index in [9.17, 15) is 9.59 Å². The van der Waals surface area contributed by atoms with Gasteiger partial charge >= 0.3 is 0 Å². The smallest absolute Gasteiger partial charge is 0.245 e. The van der Waals surface area contributed by atoms with E-state index in [-0.39, 0.29) is 17.9 Å². The van der Waals surface area contributed by atoms with Crippen LogP contribution in [-0.2, 0) is 9.59 Å². The maximum Gasteiger partial charge on any atom is 0.245 e. The van der Waals surface area contributed by atoms with Gasteiger partial charge in [0.2, 0.25) is 11.8 Å². The summed E-state index contributed by atoms with van der Waals surface area (Å²) in [5.41, 5.74) is 0. The molecular weight excluding hydrogens is 266 g/mol. The van der Waals surface area contributed by atoms with Crippen LogP contribution in [0.3, 0.4) is 0 Å². The molecule has 0 aromatic heterocycles. The molecule has 5 heteroatoms. The van der Waals surface area contributed by atoms with Crippen molar-refractivity contribution >= 4 is 11.8 Å². The topological polar surface area (TPSA) is 52.7 Å². The molecule has 3 fully saturated rings. The van der Waals surface area contributed by atoms with Crippen molar-refractivity contribution < 1.29 is 9.59 Å². The number of nitrogens with one attached hydrogen (secondary N) is 1. The van der Waals surface area contributed by atoms with Gasteiger partial charge < -0.3 is 10.2 Å². The molecule has 2 aliphatic heterocycles. The molecule has 2 atom stereocenters. The van der Waals surface area contributed by atoms with Gasteiger partial charge in [-0.3, -0.25) is 14.5 Å². The second-order valence-electron chi connectivity index (χ2n) is 7.20. The van der Waals surface area contributed by atoms with Crippen LogP contribution < -0.4 is 5.32 Å². The third-order valence-electron chi connectivity index (χ3n) is 4.90. The molecule has 21 heavy (non-hydrogen) atoms. The van der Waals surface area contributed by atoms with E-state index in [0.29, 0.717) is 24.9 Å². The molecule has 1 saturated carbocycles. The van der Waals surface area contributed by atoms with E-state index in [0.717, 1.165) is 32.0 Å². The minimum absolute atomic E-state index is 0.0218. The average Bonchev–Trinajstić information content (AvgIpc) is 3.18. The van der Waals surface area contributed by atoms with Gasteiger partial charge in [0, 0.05) is 38.1 Å². The molecule has 2 heterocycles. The minimum Gasteiger partial charge on any atom is -0.344 e. The predicted octanol–water partition coefficient (Wildman–Crippen LogP) is 0.986. The first-order valence-corrected chi connectivity index (χ1v) is 8.38. The van der Waals surface area contributed by atoms with Gasteiger partial charge in [0.1, 0.15) is 6.04 Å². The van der Waals surface area contributed by atoms with E-state index in [1.54, 1.807) is 0 Å². The van der Waals surface area contributed by atoms with E-state index in [4.69, 9.17) is 0 Å². The molecule has 0 bridgehead atoms. The van der Waals surface area contributed by atoms with E-state index in [1.165, 1.54) is 12.8 Å². The van der Waals surface area contributed by atoms with Gasteiger partial charge in [-0.05, 0) is 31.6 Å². The van der Waals surface area contributed by atoms with E-state index < -0.39 is 0 Å².